The maximum atomic E-state index is 12.3. The van der Waals surface area contributed by atoms with E-state index in [1.54, 1.807) is 18.0 Å². The van der Waals surface area contributed by atoms with Gasteiger partial charge in [-0.05, 0) is 79.6 Å². The van der Waals surface area contributed by atoms with Crippen LogP contribution in [0, 0.1) is 12.3 Å². The third kappa shape index (κ3) is 11.6. The molecule has 0 spiro atoms. The summed E-state index contributed by atoms with van der Waals surface area (Å²) in [5.41, 5.74) is 7.34. The van der Waals surface area contributed by atoms with E-state index in [4.69, 9.17) is 9.47 Å². The van der Waals surface area contributed by atoms with E-state index in [9.17, 15) is 4.79 Å². The van der Waals surface area contributed by atoms with Gasteiger partial charge >= 0.3 is 5.97 Å². The second-order valence-corrected chi connectivity index (χ2v) is 15.9. The monoisotopic (exact) mass is 665 g/mol. The van der Waals surface area contributed by atoms with Gasteiger partial charge < -0.3 is 14.4 Å². The molecule has 0 N–H and O–H groups in total. The van der Waals surface area contributed by atoms with Crippen LogP contribution in [-0.2, 0) is 22.7 Å². The van der Waals surface area contributed by atoms with Crippen molar-refractivity contribution in [1.29, 1.82) is 0 Å². The summed E-state index contributed by atoms with van der Waals surface area (Å²) in [6.45, 7) is 21.6. The molecule has 6 nitrogen and oxygen atoms in total. The van der Waals surface area contributed by atoms with Crippen LogP contribution in [0.15, 0.2) is 91.8 Å². The summed E-state index contributed by atoms with van der Waals surface area (Å²) in [5.74, 6) is 0.643. The summed E-state index contributed by atoms with van der Waals surface area (Å²) in [7, 11) is 0. The first-order chi connectivity index (χ1) is 22.8. The van der Waals surface area contributed by atoms with Crippen molar-refractivity contribution in [3.05, 3.63) is 114 Å². The minimum absolute atomic E-state index is 0.0121. The smallest absolute Gasteiger partial charge is 0.306 e. The zero-order valence-electron chi connectivity index (χ0n) is 29.7. The number of anilines is 1. The number of ether oxygens (including phenoxy) is 2. The zero-order valence-corrected chi connectivity index (χ0v) is 30.5. The van der Waals surface area contributed by atoms with E-state index < -0.39 is 0 Å². The first-order valence-corrected chi connectivity index (χ1v) is 17.6. The Balaban J connectivity index is 1.64. The number of aryl methyl sites for hydroxylation is 1. The molecule has 0 amide bonds. The summed E-state index contributed by atoms with van der Waals surface area (Å²) < 4.78 is 11.5. The van der Waals surface area contributed by atoms with E-state index in [2.05, 4.69) is 98.5 Å². The summed E-state index contributed by atoms with van der Waals surface area (Å²) in [4.78, 5) is 24.6. The van der Waals surface area contributed by atoms with Gasteiger partial charge in [-0.3, -0.25) is 14.8 Å². The van der Waals surface area contributed by atoms with Gasteiger partial charge in [0, 0.05) is 57.6 Å². The van der Waals surface area contributed by atoms with Crippen LogP contribution in [0.4, 0.5) is 5.69 Å². The van der Waals surface area contributed by atoms with Gasteiger partial charge in [0.2, 0.25) is 0 Å². The molecule has 0 saturated carbocycles. The SMILES string of the molecule is C=C(SC(C)(C)C)c1cc(OCc2ccccn2)ccc1N(CCCC(C)(C)CC(=O)OCC)Cc1ccc(-c2ccc(C)nc2)cc1. The summed E-state index contributed by atoms with van der Waals surface area (Å²) in [5, 5.41) is 0. The van der Waals surface area contributed by atoms with Crippen molar-refractivity contribution >= 4 is 28.3 Å². The summed E-state index contributed by atoms with van der Waals surface area (Å²) in [6.07, 6.45) is 5.92. The fraction of sp³-hybridized carbons (Fsp3) is 0.390. The van der Waals surface area contributed by atoms with E-state index >= 15 is 0 Å². The second kappa shape index (κ2) is 16.8. The topological polar surface area (TPSA) is 64.5 Å². The van der Waals surface area contributed by atoms with Gasteiger partial charge in [-0.25, -0.2) is 0 Å². The average molecular weight is 666 g/mol. The number of thioether (sulfide) groups is 1. The standard InChI is InChI=1S/C41H51N3O3S/c1-9-46-39(45)26-41(7,8)22-12-24-44(28-32-15-18-33(19-16-32)34-17-14-30(2)43-27-34)38-21-20-36(47-29-35-13-10-11-23-42-35)25-37(38)31(3)48-40(4,5)6/h10-11,13-21,23,25,27H,3,9,12,22,24,26,28-29H2,1-2,4-8H3. The lowest BCUT2D eigenvalue weighted by Gasteiger charge is -2.31. The van der Waals surface area contributed by atoms with E-state index in [0.29, 0.717) is 19.6 Å². The van der Waals surface area contributed by atoms with Crippen LogP contribution >= 0.6 is 11.8 Å². The number of carbonyl (C=O) groups excluding carboxylic acids is 1. The maximum absolute atomic E-state index is 12.3. The Hall–Kier alpha value is -4.10. The van der Waals surface area contributed by atoms with Gasteiger partial charge in [0.1, 0.15) is 12.4 Å². The lowest BCUT2D eigenvalue weighted by Crippen LogP contribution is -2.27. The predicted octanol–water partition coefficient (Wildman–Crippen LogP) is 10.3. The van der Waals surface area contributed by atoms with Gasteiger partial charge in [-0.15, -0.1) is 11.8 Å². The summed E-state index contributed by atoms with van der Waals surface area (Å²) >= 11 is 1.76. The molecule has 0 bridgehead atoms. The van der Waals surface area contributed by atoms with Crippen LogP contribution in [0.2, 0.25) is 0 Å². The van der Waals surface area contributed by atoms with Crippen molar-refractivity contribution in [3.8, 4) is 16.9 Å². The number of benzene rings is 2. The molecule has 4 aromatic rings. The molecule has 0 radical (unpaired) electrons. The van der Waals surface area contributed by atoms with Crippen LogP contribution in [-0.4, -0.2) is 33.8 Å². The van der Waals surface area contributed by atoms with Gasteiger partial charge in [-0.1, -0.05) is 77.6 Å². The van der Waals surface area contributed by atoms with E-state index in [0.717, 1.165) is 70.4 Å². The molecule has 7 heteroatoms. The van der Waals surface area contributed by atoms with Crippen LogP contribution in [0.5, 0.6) is 5.75 Å². The minimum atomic E-state index is -0.167. The fourth-order valence-corrected chi connectivity index (χ4v) is 6.57. The van der Waals surface area contributed by atoms with Crippen molar-refractivity contribution in [2.45, 2.75) is 85.6 Å². The molecular weight excluding hydrogens is 615 g/mol. The Morgan fingerprint density at radius 3 is 2.33 bits per heavy atom. The minimum Gasteiger partial charge on any atom is -0.487 e. The molecule has 2 heterocycles. The molecule has 0 atom stereocenters. The van der Waals surface area contributed by atoms with Crippen molar-refractivity contribution in [1.82, 2.24) is 9.97 Å². The molecule has 2 aromatic carbocycles. The average Bonchev–Trinajstić information content (AvgIpc) is 3.03. The second-order valence-electron chi connectivity index (χ2n) is 14.0. The third-order valence-electron chi connectivity index (χ3n) is 7.93. The molecule has 4 rings (SSSR count). The van der Waals surface area contributed by atoms with Gasteiger partial charge in [0.25, 0.3) is 0 Å². The Morgan fingerprint density at radius 1 is 0.938 bits per heavy atom. The molecule has 0 aliphatic carbocycles. The first kappa shape index (κ1) is 36.7. The lowest BCUT2D eigenvalue weighted by atomic mass is 9.84. The van der Waals surface area contributed by atoms with Crippen molar-refractivity contribution in [3.63, 3.8) is 0 Å². The molecular formula is C41H51N3O3S. The van der Waals surface area contributed by atoms with E-state index in [1.807, 2.05) is 50.4 Å². The van der Waals surface area contributed by atoms with Crippen LogP contribution in [0.1, 0.15) is 83.3 Å². The number of hydrogen-bond donors (Lipinski definition) is 0. The van der Waals surface area contributed by atoms with Crippen LogP contribution in [0.3, 0.4) is 0 Å². The van der Waals surface area contributed by atoms with Gasteiger partial charge in [0.15, 0.2) is 0 Å². The molecule has 0 unspecified atom stereocenters. The number of hydrogen-bond acceptors (Lipinski definition) is 7. The zero-order chi connectivity index (χ0) is 34.7. The Kier molecular flexibility index (Phi) is 12.9. The first-order valence-electron chi connectivity index (χ1n) is 16.8. The molecule has 2 aromatic heterocycles. The Morgan fingerprint density at radius 2 is 1.69 bits per heavy atom. The highest BCUT2D eigenvalue weighted by Gasteiger charge is 2.24. The van der Waals surface area contributed by atoms with E-state index in [1.165, 1.54) is 5.56 Å². The summed E-state index contributed by atoms with van der Waals surface area (Å²) in [6, 6.07) is 25.1. The van der Waals surface area contributed by atoms with E-state index in [-0.39, 0.29) is 16.1 Å². The quantitative estimate of drug-likeness (QED) is 0.110. The molecule has 0 fully saturated rings. The van der Waals surface area contributed by atoms with Crippen molar-refractivity contribution in [2.75, 3.05) is 18.1 Å². The number of rotatable bonds is 16. The predicted molar refractivity (Wildman–Crippen MR) is 201 cm³/mol. The molecule has 0 aliphatic heterocycles. The number of carbonyl (C=O) groups is 1. The molecule has 254 valence electrons. The lowest BCUT2D eigenvalue weighted by molar-refractivity contribution is -0.145. The highest BCUT2D eigenvalue weighted by atomic mass is 32.2. The highest BCUT2D eigenvalue weighted by Crippen LogP contribution is 2.42. The number of esters is 1. The number of nitrogens with zero attached hydrogens (tertiary/aromatic N) is 3. The van der Waals surface area contributed by atoms with Crippen molar-refractivity contribution in [2.24, 2.45) is 5.41 Å². The maximum Gasteiger partial charge on any atom is 0.306 e. The van der Waals surface area contributed by atoms with Crippen LogP contribution in [0.25, 0.3) is 16.0 Å². The third-order valence-corrected chi connectivity index (χ3v) is 9.01. The van der Waals surface area contributed by atoms with Crippen molar-refractivity contribution < 1.29 is 14.3 Å². The van der Waals surface area contributed by atoms with Gasteiger partial charge in [-0.2, -0.15) is 0 Å². The number of pyridine rings is 2. The highest BCUT2D eigenvalue weighted by molar-refractivity contribution is 8.09. The molecule has 48 heavy (non-hydrogen) atoms. The van der Waals surface area contributed by atoms with Gasteiger partial charge in [0.05, 0.1) is 18.7 Å². The Labute approximate surface area is 292 Å². The normalized spacial score (nSPS) is 11.6. The fourth-order valence-electron chi connectivity index (χ4n) is 5.56. The number of aromatic nitrogens is 2. The Bertz CT molecular complexity index is 1630. The molecule has 0 saturated heterocycles. The van der Waals surface area contributed by atoms with Crippen LogP contribution < -0.4 is 9.64 Å². The largest absolute Gasteiger partial charge is 0.487 e. The molecule has 0 aliphatic rings.